The van der Waals surface area contributed by atoms with Crippen LogP contribution < -0.4 is 5.73 Å². The SMILES string of the molecule is Cc1cc(N)cc(C)c1S(=O)(=O)N1CCCOC(C)C1. The fraction of sp³-hybridized carbons (Fsp3) is 0.571. The van der Waals surface area contributed by atoms with Gasteiger partial charge in [-0.15, -0.1) is 0 Å². The predicted octanol–water partition coefficient (Wildman–Crippen LogP) is 1.69. The van der Waals surface area contributed by atoms with Crippen molar-refractivity contribution in [3.63, 3.8) is 0 Å². The Morgan fingerprint density at radius 2 is 1.90 bits per heavy atom. The summed E-state index contributed by atoms with van der Waals surface area (Å²) < 4.78 is 32.8. The van der Waals surface area contributed by atoms with E-state index in [1.807, 2.05) is 6.92 Å². The molecule has 1 saturated heterocycles. The van der Waals surface area contributed by atoms with Crippen LogP contribution in [0.1, 0.15) is 24.5 Å². The molecule has 0 saturated carbocycles. The molecule has 1 aromatic rings. The highest BCUT2D eigenvalue weighted by atomic mass is 32.2. The maximum Gasteiger partial charge on any atom is 0.243 e. The fourth-order valence-electron chi connectivity index (χ4n) is 2.69. The van der Waals surface area contributed by atoms with Gasteiger partial charge in [-0.2, -0.15) is 4.31 Å². The van der Waals surface area contributed by atoms with Crippen molar-refractivity contribution in [2.45, 2.75) is 38.2 Å². The normalized spacial score (nSPS) is 21.6. The first kappa shape index (κ1) is 15.3. The minimum Gasteiger partial charge on any atom is -0.399 e. The van der Waals surface area contributed by atoms with E-state index in [0.717, 1.165) is 6.42 Å². The van der Waals surface area contributed by atoms with E-state index in [9.17, 15) is 8.42 Å². The Morgan fingerprint density at radius 1 is 1.30 bits per heavy atom. The highest BCUT2D eigenvalue weighted by Gasteiger charge is 2.30. The lowest BCUT2D eigenvalue weighted by atomic mass is 10.1. The molecule has 1 fully saturated rings. The van der Waals surface area contributed by atoms with Gasteiger partial charge in [0, 0.05) is 25.4 Å². The molecule has 1 aliphatic heterocycles. The number of benzene rings is 1. The number of nitrogen functional groups attached to an aromatic ring is 1. The second-order valence-electron chi connectivity index (χ2n) is 5.38. The Bertz CT molecular complexity index is 575. The van der Waals surface area contributed by atoms with Crippen molar-refractivity contribution >= 4 is 15.7 Å². The van der Waals surface area contributed by atoms with E-state index in [4.69, 9.17) is 10.5 Å². The standard InChI is InChI=1S/C14H22N2O3S/c1-10-7-13(15)8-11(2)14(10)20(17,18)16-5-4-6-19-12(3)9-16/h7-8,12H,4-6,9,15H2,1-3H3. The summed E-state index contributed by atoms with van der Waals surface area (Å²) in [5.74, 6) is 0. The van der Waals surface area contributed by atoms with Gasteiger partial charge in [-0.3, -0.25) is 0 Å². The van der Waals surface area contributed by atoms with Crippen LogP contribution in [0.25, 0.3) is 0 Å². The number of rotatable bonds is 2. The minimum atomic E-state index is -3.50. The van der Waals surface area contributed by atoms with E-state index in [-0.39, 0.29) is 6.10 Å². The number of anilines is 1. The van der Waals surface area contributed by atoms with Crippen LogP contribution in [0.15, 0.2) is 17.0 Å². The van der Waals surface area contributed by atoms with E-state index in [1.165, 1.54) is 4.31 Å². The van der Waals surface area contributed by atoms with Crippen LogP contribution in [0.5, 0.6) is 0 Å². The van der Waals surface area contributed by atoms with Crippen LogP contribution in [0.3, 0.4) is 0 Å². The lowest BCUT2D eigenvalue weighted by Gasteiger charge is -2.24. The van der Waals surface area contributed by atoms with Gasteiger partial charge in [0.15, 0.2) is 0 Å². The van der Waals surface area contributed by atoms with Crippen LogP contribution in [0.2, 0.25) is 0 Å². The summed E-state index contributed by atoms with van der Waals surface area (Å²) in [5, 5.41) is 0. The van der Waals surface area contributed by atoms with Crippen molar-refractivity contribution in [2.24, 2.45) is 0 Å². The van der Waals surface area contributed by atoms with Crippen molar-refractivity contribution in [1.82, 2.24) is 4.31 Å². The van der Waals surface area contributed by atoms with Crippen LogP contribution in [-0.2, 0) is 14.8 Å². The third-order valence-electron chi connectivity index (χ3n) is 3.50. The molecule has 0 amide bonds. The molecule has 1 unspecified atom stereocenters. The summed E-state index contributed by atoms with van der Waals surface area (Å²) in [5.41, 5.74) is 7.75. The molecule has 1 aliphatic rings. The van der Waals surface area contributed by atoms with Gasteiger partial charge in [-0.25, -0.2) is 8.42 Å². The van der Waals surface area contributed by atoms with Gasteiger partial charge in [-0.1, -0.05) is 0 Å². The van der Waals surface area contributed by atoms with E-state index in [0.29, 0.717) is 41.4 Å². The summed E-state index contributed by atoms with van der Waals surface area (Å²) in [6.07, 6.45) is 0.637. The summed E-state index contributed by atoms with van der Waals surface area (Å²) in [7, 11) is -3.50. The van der Waals surface area contributed by atoms with E-state index in [2.05, 4.69) is 0 Å². The third kappa shape index (κ3) is 2.97. The van der Waals surface area contributed by atoms with Crippen molar-refractivity contribution in [2.75, 3.05) is 25.4 Å². The second-order valence-corrected chi connectivity index (χ2v) is 7.26. The zero-order valence-electron chi connectivity index (χ0n) is 12.2. The van der Waals surface area contributed by atoms with Gasteiger partial charge in [0.05, 0.1) is 11.0 Å². The molecule has 1 aromatic carbocycles. The zero-order valence-corrected chi connectivity index (χ0v) is 13.0. The Kier molecular flexibility index (Phi) is 4.36. The van der Waals surface area contributed by atoms with Gasteiger partial charge < -0.3 is 10.5 Å². The van der Waals surface area contributed by atoms with Gasteiger partial charge >= 0.3 is 0 Å². The Balaban J connectivity index is 2.44. The first-order valence-electron chi connectivity index (χ1n) is 6.81. The minimum absolute atomic E-state index is 0.0818. The number of ether oxygens (including phenoxy) is 1. The average molecular weight is 298 g/mol. The van der Waals surface area contributed by atoms with Crippen molar-refractivity contribution in [3.05, 3.63) is 23.3 Å². The molecule has 0 spiro atoms. The number of sulfonamides is 1. The molecule has 0 aliphatic carbocycles. The number of nitrogens with two attached hydrogens (primary N) is 1. The molecular weight excluding hydrogens is 276 g/mol. The lowest BCUT2D eigenvalue weighted by molar-refractivity contribution is 0.0752. The maximum absolute atomic E-state index is 12.9. The highest BCUT2D eigenvalue weighted by molar-refractivity contribution is 7.89. The number of hydrogen-bond donors (Lipinski definition) is 1. The Morgan fingerprint density at radius 3 is 2.50 bits per heavy atom. The van der Waals surface area contributed by atoms with Crippen LogP contribution in [0, 0.1) is 13.8 Å². The Labute approximate surface area is 120 Å². The summed E-state index contributed by atoms with van der Waals surface area (Å²) in [6.45, 7) is 6.97. The van der Waals surface area contributed by atoms with Crippen molar-refractivity contribution < 1.29 is 13.2 Å². The van der Waals surface area contributed by atoms with Gasteiger partial charge in [0.1, 0.15) is 0 Å². The quantitative estimate of drug-likeness (QED) is 0.843. The van der Waals surface area contributed by atoms with Crippen LogP contribution in [0.4, 0.5) is 5.69 Å². The first-order valence-corrected chi connectivity index (χ1v) is 8.25. The van der Waals surface area contributed by atoms with Crippen molar-refractivity contribution in [3.8, 4) is 0 Å². The molecule has 0 radical (unpaired) electrons. The molecule has 0 bridgehead atoms. The largest absolute Gasteiger partial charge is 0.399 e. The number of hydrogen-bond acceptors (Lipinski definition) is 4. The molecule has 6 heteroatoms. The topological polar surface area (TPSA) is 72.6 Å². The van der Waals surface area contributed by atoms with E-state index < -0.39 is 10.0 Å². The predicted molar refractivity (Wildman–Crippen MR) is 79.1 cm³/mol. The lowest BCUT2D eigenvalue weighted by Crippen LogP contribution is -2.36. The smallest absolute Gasteiger partial charge is 0.243 e. The summed E-state index contributed by atoms with van der Waals surface area (Å²) in [4.78, 5) is 0.376. The maximum atomic E-state index is 12.9. The van der Waals surface area contributed by atoms with Crippen LogP contribution >= 0.6 is 0 Å². The molecule has 20 heavy (non-hydrogen) atoms. The summed E-state index contributed by atoms with van der Waals surface area (Å²) in [6, 6.07) is 3.41. The second kappa shape index (κ2) is 5.71. The zero-order chi connectivity index (χ0) is 14.9. The fourth-order valence-corrected chi connectivity index (χ4v) is 4.66. The van der Waals surface area contributed by atoms with Crippen LogP contribution in [-0.4, -0.2) is 38.5 Å². The van der Waals surface area contributed by atoms with Crippen molar-refractivity contribution in [1.29, 1.82) is 0 Å². The summed E-state index contributed by atoms with van der Waals surface area (Å²) >= 11 is 0. The van der Waals surface area contributed by atoms with Gasteiger partial charge in [0.25, 0.3) is 0 Å². The molecular formula is C14H22N2O3S. The molecule has 1 atom stereocenters. The molecule has 1 heterocycles. The Hall–Kier alpha value is -1.11. The highest BCUT2D eigenvalue weighted by Crippen LogP contribution is 2.27. The molecule has 2 N–H and O–H groups in total. The molecule has 5 nitrogen and oxygen atoms in total. The van der Waals surface area contributed by atoms with Gasteiger partial charge in [-0.05, 0) is 50.5 Å². The molecule has 112 valence electrons. The van der Waals surface area contributed by atoms with E-state index in [1.54, 1.807) is 26.0 Å². The molecule has 0 aromatic heterocycles. The number of nitrogens with zero attached hydrogens (tertiary/aromatic N) is 1. The third-order valence-corrected chi connectivity index (χ3v) is 5.67. The monoisotopic (exact) mass is 298 g/mol. The molecule has 2 rings (SSSR count). The van der Waals surface area contributed by atoms with Gasteiger partial charge in [0.2, 0.25) is 10.0 Å². The average Bonchev–Trinajstić information content (AvgIpc) is 2.52. The number of aryl methyl sites for hydroxylation is 2. The van der Waals surface area contributed by atoms with E-state index >= 15 is 0 Å². The first-order chi connectivity index (χ1) is 9.32.